The van der Waals surface area contributed by atoms with Crippen LogP contribution in [0.4, 0.5) is 0 Å². The van der Waals surface area contributed by atoms with Gasteiger partial charge in [0.05, 0.1) is 0 Å². The van der Waals surface area contributed by atoms with Crippen molar-refractivity contribution in [3.63, 3.8) is 0 Å². The zero-order valence-corrected chi connectivity index (χ0v) is 42.6. The summed E-state index contributed by atoms with van der Waals surface area (Å²) in [6, 6.07) is 47.3. The van der Waals surface area contributed by atoms with E-state index in [-0.39, 0.29) is 32.5 Å². The van der Waals surface area contributed by atoms with Crippen molar-refractivity contribution in [3.05, 3.63) is 173 Å². The Balaban J connectivity index is 1.32. The molecule has 0 spiro atoms. The highest BCUT2D eigenvalue weighted by Gasteiger charge is 2.35. The van der Waals surface area contributed by atoms with Gasteiger partial charge in [0.25, 0.3) is 0 Å². The van der Waals surface area contributed by atoms with E-state index in [1.165, 1.54) is 89.0 Å². The van der Waals surface area contributed by atoms with Gasteiger partial charge in [-0.05, 0) is 158 Å². The van der Waals surface area contributed by atoms with Gasteiger partial charge in [0.1, 0.15) is 0 Å². The molecule has 65 heavy (non-hydrogen) atoms. The normalized spacial score (nSPS) is 14.0. The molecule has 0 aliphatic heterocycles. The lowest BCUT2D eigenvalue weighted by molar-refractivity contribution is 0.568. The van der Waals surface area contributed by atoms with Crippen LogP contribution in [0.1, 0.15) is 157 Å². The quantitative estimate of drug-likeness (QED) is 0.168. The first-order chi connectivity index (χ1) is 30.1. The number of hydrogen-bond donors (Lipinski definition) is 0. The maximum absolute atomic E-state index is 5.01. The molecule has 1 heterocycles. The summed E-state index contributed by atoms with van der Waals surface area (Å²) in [5.41, 5.74) is 24.1. The van der Waals surface area contributed by atoms with Crippen LogP contribution < -0.4 is 0 Å². The third-order valence-electron chi connectivity index (χ3n) is 14.1. The van der Waals surface area contributed by atoms with Crippen LogP contribution in [0, 0.1) is 0 Å². The van der Waals surface area contributed by atoms with Crippen LogP contribution in [-0.4, -0.2) is 4.98 Å². The second-order valence-electron chi connectivity index (χ2n) is 24.8. The van der Waals surface area contributed by atoms with E-state index < -0.39 is 0 Å². The second kappa shape index (κ2) is 15.8. The van der Waals surface area contributed by atoms with Gasteiger partial charge in [-0.25, -0.2) is 0 Å². The standard InChI is InChI=1S/C64H73N/c1-59(2,3)50-29-44(40-22-23-56-55-20-18-19-21-57(55)64(16,17)58(56)35-40)27-45(30-50)49-28-48(38-65-39-49)43-25-41(46-31-51(60(4,5)6)36-52(32-46)61(7,8)9)24-42(26-43)47-33-53(62(10,11)12)37-54(34-47)63(13,14)15/h18-39H,1-17H3. The van der Waals surface area contributed by atoms with Crippen molar-refractivity contribution in [2.75, 3.05) is 0 Å². The van der Waals surface area contributed by atoms with Gasteiger partial charge in [-0.15, -0.1) is 0 Å². The van der Waals surface area contributed by atoms with Crippen LogP contribution in [-0.2, 0) is 32.5 Å². The van der Waals surface area contributed by atoms with Crippen molar-refractivity contribution in [2.45, 2.75) is 150 Å². The Labute approximate surface area is 392 Å². The maximum Gasteiger partial charge on any atom is 0.0346 e. The Morgan fingerprint density at radius 3 is 1.02 bits per heavy atom. The smallest absolute Gasteiger partial charge is 0.0346 e. The average Bonchev–Trinajstić information content (AvgIpc) is 3.46. The Kier molecular flexibility index (Phi) is 11.2. The van der Waals surface area contributed by atoms with Gasteiger partial charge >= 0.3 is 0 Å². The minimum Gasteiger partial charge on any atom is -0.263 e. The molecule has 0 fully saturated rings. The Morgan fingerprint density at radius 2 is 0.600 bits per heavy atom. The molecule has 334 valence electrons. The summed E-state index contributed by atoms with van der Waals surface area (Å²) in [6.45, 7) is 39.6. The van der Waals surface area contributed by atoms with Gasteiger partial charge in [0.2, 0.25) is 0 Å². The average molecular weight is 856 g/mol. The summed E-state index contributed by atoms with van der Waals surface area (Å²) in [5, 5.41) is 0. The zero-order chi connectivity index (χ0) is 47.2. The third kappa shape index (κ3) is 9.19. The van der Waals surface area contributed by atoms with E-state index in [0.29, 0.717) is 0 Å². The fourth-order valence-electron chi connectivity index (χ4n) is 9.48. The van der Waals surface area contributed by atoms with Gasteiger partial charge < -0.3 is 0 Å². The van der Waals surface area contributed by atoms with E-state index in [9.17, 15) is 0 Å². The van der Waals surface area contributed by atoms with Crippen molar-refractivity contribution < 1.29 is 0 Å². The molecular weight excluding hydrogens is 783 g/mol. The number of nitrogens with zero attached hydrogens (tertiary/aromatic N) is 1. The van der Waals surface area contributed by atoms with E-state index in [1.807, 2.05) is 6.20 Å². The molecule has 0 atom stereocenters. The molecule has 0 saturated heterocycles. The monoisotopic (exact) mass is 856 g/mol. The molecule has 7 aromatic rings. The van der Waals surface area contributed by atoms with E-state index in [0.717, 1.165) is 16.7 Å². The number of hydrogen-bond acceptors (Lipinski definition) is 1. The van der Waals surface area contributed by atoms with Gasteiger partial charge in [0.15, 0.2) is 0 Å². The molecule has 1 heteroatoms. The molecule has 0 amide bonds. The highest BCUT2D eigenvalue weighted by atomic mass is 14.6. The van der Waals surface area contributed by atoms with E-state index in [2.05, 4.69) is 245 Å². The highest BCUT2D eigenvalue weighted by molar-refractivity contribution is 5.86. The summed E-state index contributed by atoms with van der Waals surface area (Å²) in [4.78, 5) is 5.01. The predicted octanol–water partition coefficient (Wildman–Crippen LogP) is 18.2. The molecule has 0 bridgehead atoms. The van der Waals surface area contributed by atoms with Crippen LogP contribution in [0.3, 0.4) is 0 Å². The van der Waals surface area contributed by atoms with Crippen LogP contribution >= 0.6 is 0 Å². The van der Waals surface area contributed by atoms with Crippen molar-refractivity contribution in [3.8, 4) is 66.8 Å². The van der Waals surface area contributed by atoms with Gasteiger partial charge in [0, 0.05) is 28.9 Å². The van der Waals surface area contributed by atoms with Crippen LogP contribution in [0.2, 0.25) is 0 Å². The minimum absolute atomic E-state index is 0.00120. The lowest BCUT2D eigenvalue weighted by atomic mass is 9.78. The van der Waals surface area contributed by atoms with Crippen LogP contribution in [0.15, 0.2) is 134 Å². The SMILES string of the molecule is CC(C)(C)c1cc(-c2cncc(-c3cc(-c4cc(C(C)(C)C)cc(C(C)(C)C)c4)cc(-c4cc(C(C)(C)C)cc(C(C)(C)C)c4)c3)c2)cc(-c2ccc3c(c2)C(C)(C)c2ccccc2-3)c1. The topological polar surface area (TPSA) is 12.9 Å². The Morgan fingerprint density at radius 1 is 0.292 bits per heavy atom. The first-order valence-corrected chi connectivity index (χ1v) is 23.9. The molecule has 0 saturated carbocycles. The molecule has 0 unspecified atom stereocenters. The number of aromatic nitrogens is 1. The van der Waals surface area contributed by atoms with E-state index in [4.69, 9.17) is 4.98 Å². The minimum atomic E-state index is -0.0667. The fraction of sp³-hybridized carbons (Fsp3) is 0.359. The Hall–Kier alpha value is -5.53. The Bertz CT molecular complexity index is 2790. The summed E-state index contributed by atoms with van der Waals surface area (Å²) in [5.74, 6) is 0. The molecule has 8 rings (SSSR count). The zero-order valence-electron chi connectivity index (χ0n) is 42.6. The number of fused-ring (bicyclic) bond motifs is 3. The lowest BCUT2D eigenvalue weighted by Crippen LogP contribution is -2.16. The molecular formula is C64H73N. The largest absolute Gasteiger partial charge is 0.263 e. The summed E-state index contributed by atoms with van der Waals surface area (Å²) >= 11 is 0. The molecule has 1 nitrogen and oxygen atoms in total. The highest BCUT2D eigenvalue weighted by Crippen LogP contribution is 2.50. The van der Waals surface area contributed by atoms with Crippen molar-refractivity contribution in [1.29, 1.82) is 0 Å². The first kappa shape index (κ1) is 46.0. The summed E-state index contributed by atoms with van der Waals surface area (Å²) in [6.07, 6.45) is 4.10. The van der Waals surface area contributed by atoms with Crippen molar-refractivity contribution in [2.24, 2.45) is 0 Å². The maximum atomic E-state index is 5.01. The predicted molar refractivity (Wildman–Crippen MR) is 282 cm³/mol. The van der Waals surface area contributed by atoms with E-state index in [1.54, 1.807) is 0 Å². The second-order valence-corrected chi connectivity index (χ2v) is 24.8. The summed E-state index contributed by atoms with van der Waals surface area (Å²) < 4.78 is 0. The molecule has 6 aromatic carbocycles. The molecule has 1 aliphatic rings. The van der Waals surface area contributed by atoms with E-state index >= 15 is 0 Å². The number of rotatable bonds is 5. The lowest BCUT2D eigenvalue weighted by Gasteiger charge is -2.27. The molecule has 0 radical (unpaired) electrons. The van der Waals surface area contributed by atoms with Crippen molar-refractivity contribution >= 4 is 0 Å². The van der Waals surface area contributed by atoms with Crippen LogP contribution in [0.5, 0.6) is 0 Å². The van der Waals surface area contributed by atoms with Gasteiger partial charge in [-0.1, -0.05) is 203 Å². The van der Waals surface area contributed by atoms with Crippen molar-refractivity contribution in [1.82, 2.24) is 4.98 Å². The third-order valence-corrected chi connectivity index (χ3v) is 14.1. The summed E-state index contributed by atoms with van der Waals surface area (Å²) in [7, 11) is 0. The molecule has 1 aliphatic carbocycles. The first-order valence-electron chi connectivity index (χ1n) is 23.9. The molecule has 0 N–H and O–H groups in total. The fourth-order valence-corrected chi connectivity index (χ4v) is 9.48. The van der Waals surface area contributed by atoms with Crippen LogP contribution in [0.25, 0.3) is 66.8 Å². The van der Waals surface area contributed by atoms with Gasteiger partial charge in [-0.3, -0.25) is 4.98 Å². The van der Waals surface area contributed by atoms with Gasteiger partial charge in [-0.2, -0.15) is 0 Å². The molecule has 1 aromatic heterocycles. The number of pyridine rings is 1. The number of benzene rings is 6.